The minimum atomic E-state index is -0.327. The lowest BCUT2D eigenvalue weighted by Crippen LogP contribution is -2.32. The highest BCUT2D eigenvalue weighted by Crippen LogP contribution is 2.25. The molecule has 31 heavy (non-hydrogen) atoms. The average Bonchev–Trinajstić information content (AvgIpc) is 3.19. The van der Waals surface area contributed by atoms with E-state index in [4.69, 9.17) is 16.3 Å². The van der Waals surface area contributed by atoms with Crippen LogP contribution < -0.4 is 0 Å². The molecule has 4 rings (SSSR count). The molecule has 1 amide bonds. The lowest BCUT2D eigenvalue weighted by molar-refractivity contribution is 0.0391. The summed E-state index contributed by atoms with van der Waals surface area (Å²) in [5.41, 5.74) is 2.61. The Balaban J connectivity index is 1.70. The highest BCUT2D eigenvalue weighted by atomic mass is 79.9. The molecule has 0 aliphatic carbocycles. The fraction of sp³-hybridized carbons (Fsp3) is 0.136. The zero-order valence-electron chi connectivity index (χ0n) is 16.4. The molecule has 0 atom stereocenters. The summed E-state index contributed by atoms with van der Waals surface area (Å²) in [7, 11) is 1.52. The van der Waals surface area contributed by atoms with Crippen molar-refractivity contribution in [3.05, 3.63) is 87.5 Å². The van der Waals surface area contributed by atoms with E-state index in [1.807, 2.05) is 6.07 Å². The second-order valence-electron chi connectivity index (χ2n) is 6.79. The van der Waals surface area contributed by atoms with Crippen LogP contribution in [0.15, 0.2) is 65.5 Å². The molecule has 4 aromatic rings. The molecular formula is C22H17BrClFN4O2. The molecule has 0 saturated heterocycles. The molecular weight excluding hydrogens is 487 g/mol. The molecule has 0 radical (unpaired) electrons. The summed E-state index contributed by atoms with van der Waals surface area (Å²) >= 11 is 9.59. The normalized spacial score (nSPS) is 11.1. The molecule has 9 heteroatoms. The minimum absolute atomic E-state index is 0.0771. The van der Waals surface area contributed by atoms with E-state index in [2.05, 4.69) is 26.0 Å². The summed E-state index contributed by atoms with van der Waals surface area (Å²) in [6.45, 7) is 0.308. The van der Waals surface area contributed by atoms with Crippen molar-refractivity contribution in [2.24, 2.45) is 0 Å². The summed E-state index contributed by atoms with van der Waals surface area (Å²) < 4.78 is 20.8. The van der Waals surface area contributed by atoms with Crippen LogP contribution in [0.2, 0.25) is 5.02 Å². The van der Waals surface area contributed by atoms with E-state index in [9.17, 15) is 9.18 Å². The van der Waals surface area contributed by atoms with Crippen LogP contribution in [0, 0.1) is 5.82 Å². The fourth-order valence-corrected chi connectivity index (χ4v) is 3.96. The van der Waals surface area contributed by atoms with Gasteiger partial charge in [0.25, 0.3) is 5.91 Å². The number of benzene rings is 2. The van der Waals surface area contributed by atoms with E-state index in [1.165, 1.54) is 19.2 Å². The van der Waals surface area contributed by atoms with Gasteiger partial charge in [0.05, 0.1) is 29.5 Å². The largest absolute Gasteiger partial charge is 0.364 e. The lowest BCUT2D eigenvalue weighted by Gasteiger charge is -2.22. The summed E-state index contributed by atoms with van der Waals surface area (Å²) in [4.78, 5) is 19.1. The van der Waals surface area contributed by atoms with Gasteiger partial charge in [-0.15, -0.1) is 0 Å². The average molecular weight is 504 g/mol. The van der Waals surface area contributed by atoms with Crippen LogP contribution in [0.4, 0.5) is 4.39 Å². The molecule has 2 aromatic heterocycles. The number of rotatable bonds is 6. The van der Waals surface area contributed by atoms with Crippen LogP contribution in [-0.4, -0.2) is 39.4 Å². The van der Waals surface area contributed by atoms with Crippen molar-refractivity contribution < 1.29 is 13.9 Å². The maximum atomic E-state index is 13.4. The Morgan fingerprint density at radius 1 is 1.23 bits per heavy atom. The molecule has 0 N–H and O–H groups in total. The molecule has 0 bridgehead atoms. The van der Waals surface area contributed by atoms with Gasteiger partial charge >= 0.3 is 0 Å². The first-order valence-corrected chi connectivity index (χ1v) is 10.5. The number of amides is 1. The topological polar surface area (TPSA) is 60.2 Å². The fourth-order valence-electron chi connectivity index (χ4n) is 3.29. The first-order chi connectivity index (χ1) is 15.0. The number of methoxy groups -OCH3 is 1. The number of pyridine rings is 1. The van der Waals surface area contributed by atoms with Gasteiger partial charge in [-0.25, -0.2) is 14.1 Å². The lowest BCUT2D eigenvalue weighted by atomic mass is 10.1. The SMILES string of the molecule is COCN(Cc1cnc(Br)cc1Cl)C(=O)c1cccc2c1cnn2-c1ccc(F)cc1. The maximum Gasteiger partial charge on any atom is 0.256 e. The van der Waals surface area contributed by atoms with Gasteiger partial charge < -0.3 is 9.64 Å². The van der Waals surface area contributed by atoms with E-state index in [-0.39, 0.29) is 25.0 Å². The van der Waals surface area contributed by atoms with Crippen LogP contribution in [0.3, 0.4) is 0 Å². The third-order valence-electron chi connectivity index (χ3n) is 4.74. The van der Waals surface area contributed by atoms with Crippen LogP contribution in [0.1, 0.15) is 15.9 Å². The number of hydrogen-bond acceptors (Lipinski definition) is 4. The number of carbonyl (C=O) groups is 1. The Labute approximate surface area is 191 Å². The molecule has 0 fully saturated rings. The van der Waals surface area contributed by atoms with E-state index in [0.717, 1.165) is 5.52 Å². The van der Waals surface area contributed by atoms with Crippen LogP contribution >= 0.6 is 27.5 Å². The Bertz CT molecular complexity index is 1250. The van der Waals surface area contributed by atoms with Crippen molar-refractivity contribution in [1.82, 2.24) is 19.7 Å². The third kappa shape index (κ3) is 4.46. The number of nitrogens with zero attached hydrogens (tertiary/aromatic N) is 4. The van der Waals surface area contributed by atoms with E-state index >= 15 is 0 Å². The van der Waals surface area contributed by atoms with Crippen molar-refractivity contribution in [2.75, 3.05) is 13.8 Å². The summed E-state index contributed by atoms with van der Waals surface area (Å²) in [5, 5.41) is 5.58. The molecule has 2 aromatic carbocycles. The maximum absolute atomic E-state index is 13.4. The molecule has 6 nitrogen and oxygen atoms in total. The smallest absolute Gasteiger partial charge is 0.256 e. The molecule has 0 aliphatic heterocycles. The Kier molecular flexibility index (Phi) is 6.31. The molecule has 0 spiro atoms. The summed E-state index contributed by atoms with van der Waals surface area (Å²) in [5.74, 6) is -0.558. The van der Waals surface area contributed by atoms with Crippen LogP contribution in [0.5, 0.6) is 0 Å². The number of hydrogen-bond donors (Lipinski definition) is 0. The minimum Gasteiger partial charge on any atom is -0.364 e. The standard InChI is InChI=1S/C22H17BrClFN4O2/c1-31-13-28(12-14-10-26-21(23)9-19(14)24)22(30)17-3-2-4-20-18(17)11-27-29(20)16-7-5-15(25)6-8-16/h2-11H,12-13H2,1H3. The molecule has 0 aliphatic rings. The Hall–Kier alpha value is -2.81. The predicted octanol–water partition coefficient (Wildman–Crippen LogP) is 5.22. The van der Waals surface area contributed by atoms with E-state index in [1.54, 1.807) is 52.3 Å². The second kappa shape index (κ2) is 9.13. The quantitative estimate of drug-likeness (QED) is 0.267. The number of ether oxygens (including phenoxy) is 1. The van der Waals surface area contributed by atoms with Crippen molar-refractivity contribution in [3.63, 3.8) is 0 Å². The number of aromatic nitrogens is 3. The predicted molar refractivity (Wildman–Crippen MR) is 120 cm³/mol. The van der Waals surface area contributed by atoms with Crippen molar-refractivity contribution in [1.29, 1.82) is 0 Å². The second-order valence-corrected chi connectivity index (χ2v) is 8.01. The number of carbonyl (C=O) groups excluding carboxylic acids is 1. The van der Waals surface area contributed by atoms with E-state index in [0.29, 0.717) is 31.8 Å². The van der Waals surface area contributed by atoms with E-state index < -0.39 is 0 Å². The van der Waals surface area contributed by atoms with Crippen LogP contribution in [-0.2, 0) is 11.3 Å². The van der Waals surface area contributed by atoms with Gasteiger partial charge in [0.2, 0.25) is 0 Å². The van der Waals surface area contributed by atoms with Gasteiger partial charge in [0, 0.05) is 29.3 Å². The van der Waals surface area contributed by atoms with Gasteiger partial charge in [0.15, 0.2) is 0 Å². The first-order valence-electron chi connectivity index (χ1n) is 9.28. The molecule has 0 unspecified atom stereocenters. The Morgan fingerprint density at radius 3 is 2.71 bits per heavy atom. The number of fused-ring (bicyclic) bond motifs is 1. The van der Waals surface area contributed by atoms with Gasteiger partial charge in [0.1, 0.15) is 17.2 Å². The molecule has 158 valence electrons. The third-order valence-corrected chi connectivity index (χ3v) is 5.53. The highest BCUT2D eigenvalue weighted by molar-refractivity contribution is 9.10. The van der Waals surface area contributed by atoms with Gasteiger partial charge in [-0.1, -0.05) is 17.7 Å². The van der Waals surface area contributed by atoms with Gasteiger partial charge in [-0.05, 0) is 58.4 Å². The zero-order valence-corrected chi connectivity index (χ0v) is 18.8. The molecule has 0 saturated carbocycles. The van der Waals surface area contributed by atoms with Crippen LogP contribution in [0.25, 0.3) is 16.6 Å². The zero-order chi connectivity index (χ0) is 22.0. The van der Waals surface area contributed by atoms with Gasteiger partial charge in [-0.3, -0.25) is 4.79 Å². The Morgan fingerprint density at radius 2 is 2.00 bits per heavy atom. The summed E-state index contributed by atoms with van der Waals surface area (Å²) in [6, 6.07) is 13.1. The monoisotopic (exact) mass is 502 g/mol. The van der Waals surface area contributed by atoms with Crippen molar-refractivity contribution in [3.8, 4) is 5.69 Å². The summed E-state index contributed by atoms with van der Waals surface area (Å²) in [6.07, 6.45) is 3.25. The van der Waals surface area contributed by atoms with Gasteiger partial charge in [-0.2, -0.15) is 5.10 Å². The molecule has 2 heterocycles. The first kappa shape index (κ1) is 21.4. The van der Waals surface area contributed by atoms with Crippen molar-refractivity contribution in [2.45, 2.75) is 6.54 Å². The highest BCUT2D eigenvalue weighted by Gasteiger charge is 2.21. The number of halogens is 3. The van der Waals surface area contributed by atoms with Crippen molar-refractivity contribution >= 4 is 44.3 Å².